The minimum atomic E-state index is 0.321. The van der Waals surface area contributed by atoms with Gasteiger partial charge >= 0.3 is 0 Å². The molecule has 17 nitrogen and oxygen atoms in total. The van der Waals surface area contributed by atoms with Gasteiger partial charge in [-0.2, -0.15) is 0 Å². The van der Waals surface area contributed by atoms with Gasteiger partial charge in [0.25, 0.3) is 0 Å². The van der Waals surface area contributed by atoms with Crippen LogP contribution in [0, 0.1) is 0 Å². The van der Waals surface area contributed by atoms with Crippen molar-refractivity contribution in [3.8, 4) is 69.0 Å². The Balaban J connectivity index is 0.892. The number of hydrogen-bond acceptors (Lipinski definition) is 17. The van der Waals surface area contributed by atoms with E-state index in [1.165, 1.54) is 89.9 Å². The van der Waals surface area contributed by atoms with Gasteiger partial charge in [0.1, 0.15) is 13.2 Å². The molecule has 0 radical (unpaired) electrons. The van der Waals surface area contributed by atoms with Crippen molar-refractivity contribution < 1.29 is 80.5 Å². The maximum absolute atomic E-state index is 6.76. The number of rotatable bonds is 80. The van der Waals surface area contributed by atoms with E-state index in [1.54, 1.807) is 0 Å². The smallest absolute Gasteiger partial charge is 0.161 e. The van der Waals surface area contributed by atoms with Crippen LogP contribution in [0.4, 0.5) is 0 Å². The summed E-state index contributed by atoms with van der Waals surface area (Å²) in [7, 11) is 0. The lowest BCUT2D eigenvalue weighted by Gasteiger charge is -2.21. The van der Waals surface area contributed by atoms with Crippen molar-refractivity contribution in [2.45, 2.75) is 326 Å². The lowest BCUT2D eigenvalue weighted by molar-refractivity contribution is -0.0142. The van der Waals surface area contributed by atoms with Gasteiger partial charge < -0.3 is 80.5 Å². The van der Waals surface area contributed by atoms with Crippen LogP contribution in [0.5, 0.6) is 69.0 Å². The maximum atomic E-state index is 6.76. The fraction of sp³-hybridized carbons (Fsp3) is 0.667. The topological polar surface area (TPSA) is 157 Å². The number of fused-ring (bicyclic) bond motifs is 12. The van der Waals surface area contributed by atoms with Crippen LogP contribution in [0.3, 0.4) is 0 Å². The first-order chi connectivity index (χ1) is 61.8. The van der Waals surface area contributed by atoms with Crippen LogP contribution < -0.4 is 56.8 Å². The molecule has 0 fully saturated rings. The third kappa shape index (κ3) is 36.7. The summed E-state index contributed by atoms with van der Waals surface area (Å²) >= 11 is 0. The van der Waals surface area contributed by atoms with Gasteiger partial charge in [0.05, 0.1) is 132 Å². The SMILES string of the molecule is CCCCCCOc1cc2c3cc(OCCCCCC)c(OCCCCCC)cc3c3cc(OCCOCCOCCOCCOCCOCCOc4cc5c6cc(OCCCCCC)c(OCCCCCC)cc6c6cc(OCCCCCC)c(OCCCCCC)cc6c5cc4OCCCCCC)c(OCCCCCC)cc3c2cc1OCCCCCC. The van der Waals surface area contributed by atoms with Crippen molar-refractivity contribution in [1.29, 1.82) is 0 Å². The van der Waals surface area contributed by atoms with Crippen molar-refractivity contribution in [3.05, 3.63) is 72.8 Å². The second kappa shape index (κ2) is 64.5. The van der Waals surface area contributed by atoms with E-state index in [0.29, 0.717) is 168 Å². The Morgan fingerprint density at radius 2 is 0.208 bits per heavy atom. The monoisotopic (exact) mass is 1740 g/mol. The molecular formula is C108H166O17. The summed E-state index contributed by atoms with van der Waals surface area (Å²) in [6.07, 6.45) is 44.3. The Morgan fingerprint density at radius 1 is 0.112 bits per heavy atom. The molecule has 8 aromatic carbocycles. The second-order valence-corrected chi connectivity index (χ2v) is 33.9. The Kier molecular flexibility index (Phi) is 53.2. The molecule has 0 spiro atoms. The van der Waals surface area contributed by atoms with Gasteiger partial charge in [-0.15, -0.1) is 0 Å². The average molecular weight is 1740 g/mol. The second-order valence-electron chi connectivity index (χ2n) is 33.9. The highest BCUT2D eigenvalue weighted by molar-refractivity contribution is 6.28. The van der Waals surface area contributed by atoms with Gasteiger partial charge in [-0.3, -0.25) is 0 Å². The predicted molar refractivity (Wildman–Crippen MR) is 519 cm³/mol. The highest BCUT2D eigenvalue weighted by Gasteiger charge is 2.25. The Bertz CT molecular complexity index is 3830. The molecule has 0 N–H and O–H groups in total. The third-order valence-corrected chi connectivity index (χ3v) is 23.3. The van der Waals surface area contributed by atoms with Crippen LogP contribution in [0.15, 0.2) is 72.8 Å². The van der Waals surface area contributed by atoms with E-state index in [1.807, 2.05) is 0 Å². The molecule has 0 unspecified atom stereocenters. The highest BCUT2D eigenvalue weighted by atomic mass is 16.6. The summed E-state index contributed by atoms with van der Waals surface area (Å²) in [5.41, 5.74) is 0. The van der Waals surface area contributed by atoms with Gasteiger partial charge in [-0.25, -0.2) is 0 Å². The number of hydrogen-bond donors (Lipinski definition) is 0. The number of ether oxygens (including phenoxy) is 17. The van der Waals surface area contributed by atoms with E-state index in [4.69, 9.17) is 80.5 Å². The largest absolute Gasteiger partial charge is 0.490 e. The highest BCUT2D eigenvalue weighted by Crippen LogP contribution is 2.50. The molecule has 0 saturated carbocycles. The number of unbranched alkanes of at least 4 members (excludes halogenated alkanes) is 30. The molecule has 0 bridgehead atoms. The fourth-order valence-electron chi connectivity index (χ4n) is 15.9. The van der Waals surface area contributed by atoms with E-state index in [2.05, 4.69) is 142 Å². The normalized spacial score (nSPS) is 11.7. The van der Waals surface area contributed by atoms with E-state index in [9.17, 15) is 0 Å². The van der Waals surface area contributed by atoms with Gasteiger partial charge in [0.15, 0.2) is 69.0 Å². The predicted octanol–water partition coefficient (Wildman–Crippen LogP) is 29.7. The number of benzene rings is 8. The summed E-state index contributed by atoms with van der Waals surface area (Å²) in [6, 6.07) is 26.4. The Hall–Kier alpha value is -7.28. The molecule has 8 rings (SSSR count). The maximum Gasteiger partial charge on any atom is 0.161 e. The summed E-state index contributed by atoms with van der Waals surface area (Å²) in [4.78, 5) is 0. The van der Waals surface area contributed by atoms with Crippen LogP contribution in [0.1, 0.15) is 326 Å². The first kappa shape index (κ1) is 103. The summed E-state index contributed by atoms with van der Waals surface area (Å²) < 4.78 is 111. The zero-order valence-corrected chi connectivity index (χ0v) is 79.7. The molecule has 700 valence electrons. The summed E-state index contributed by atoms with van der Waals surface area (Å²) in [5.74, 6) is 8.88. The van der Waals surface area contributed by atoms with Crippen molar-refractivity contribution >= 4 is 64.6 Å². The van der Waals surface area contributed by atoms with Crippen molar-refractivity contribution in [2.75, 3.05) is 145 Å². The molecule has 0 aliphatic heterocycles. The van der Waals surface area contributed by atoms with Crippen molar-refractivity contribution in [2.24, 2.45) is 0 Å². The van der Waals surface area contributed by atoms with Gasteiger partial charge in [-0.05, 0) is 202 Å². The van der Waals surface area contributed by atoms with Gasteiger partial charge in [-0.1, -0.05) is 262 Å². The molecule has 8 aromatic rings. The Morgan fingerprint density at radius 3 is 0.312 bits per heavy atom. The fourth-order valence-corrected chi connectivity index (χ4v) is 15.9. The quantitative estimate of drug-likeness (QED) is 0.0262. The molecule has 0 aliphatic rings. The summed E-state index contributed by atoms with van der Waals surface area (Å²) in [6.45, 7) is 33.3. The first-order valence-corrected chi connectivity index (χ1v) is 50.3. The molecule has 0 aromatic heterocycles. The zero-order valence-electron chi connectivity index (χ0n) is 79.7. The van der Waals surface area contributed by atoms with Crippen LogP contribution in [0.2, 0.25) is 0 Å². The van der Waals surface area contributed by atoms with Gasteiger partial charge in [0, 0.05) is 0 Å². The lowest BCUT2D eigenvalue weighted by atomic mass is 9.93. The van der Waals surface area contributed by atoms with Gasteiger partial charge in [0.2, 0.25) is 0 Å². The molecule has 0 amide bonds. The molecular weight excluding hydrogens is 1570 g/mol. The van der Waals surface area contributed by atoms with E-state index < -0.39 is 0 Å². The van der Waals surface area contributed by atoms with Crippen LogP contribution in [-0.4, -0.2) is 145 Å². The molecule has 0 heterocycles. The van der Waals surface area contributed by atoms with Crippen LogP contribution in [-0.2, 0) is 23.7 Å². The zero-order chi connectivity index (χ0) is 88.2. The molecule has 17 heteroatoms. The van der Waals surface area contributed by atoms with Crippen molar-refractivity contribution in [3.63, 3.8) is 0 Å². The van der Waals surface area contributed by atoms with Crippen LogP contribution >= 0.6 is 0 Å². The average Bonchev–Trinajstić information content (AvgIpc) is 0.731. The molecule has 0 saturated heterocycles. The van der Waals surface area contributed by atoms with E-state index in [0.717, 1.165) is 278 Å². The van der Waals surface area contributed by atoms with E-state index in [-0.39, 0.29) is 0 Å². The van der Waals surface area contributed by atoms with Crippen molar-refractivity contribution in [1.82, 2.24) is 0 Å². The first-order valence-electron chi connectivity index (χ1n) is 50.3. The molecule has 125 heavy (non-hydrogen) atoms. The molecule has 0 aliphatic carbocycles. The Labute approximate surface area is 754 Å². The van der Waals surface area contributed by atoms with Crippen LogP contribution in [0.25, 0.3) is 64.6 Å². The minimum absolute atomic E-state index is 0.321. The summed E-state index contributed by atoms with van der Waals surface area (Å²) in [5, 5.41) is 12.6. The molecule has 0 atom stereocenters. The lowest BCUT2D eigenvalue weighted by Crippen LogP contribution is -2.15. The minimum Gasteiger partial charge on any atom is -0.490 e. The van der Waals surface area contributed by atoms with E-state index >= 15 is 0 Å². The standard InChI is InChI=1S/C108H166O17/c1-11-21-31-41-51-114-97-73-85-87-75-99(116-53-43-33-23-13-3)103(120-57-47-37-27-17-7)79-91(87)95-83-107(105(122-59-49-39-29-19-9)81-93(95)89(85)77-101(97)118-55-45-35-25-15-5)124-71-69-112-67-65-110-63-61-109-62-64-111-66-68-113-70-72-125-108-84-96-92-80-104(121-58-48-38-28-18-8)100(117-54-44-34-24-14-4)76-88(92)86-74-98(115-52-42-32-22-12-2)102(119-56-46-36-26-16-6)78-90(86)94(96)82-106(108)123-60-50-40-30-20-10/h73-84H,11-72H2,1-10H3. The third-order valence-electron chi connectivity index (χ3n) is 23.3.